The normalized spacial score (nSPS) is 14.9. The first-order valence-electron chi connectivity index (χ1n) is 7.11. The molecule has 1 aliphatic rings. The van der Waals surface area contributed by atoms with E-state index in [1.807, 2.05) is 24.3 Å². The molecule has 0 aliphatic carbocycles. The van der Waals surface area contributed by atoms with Crippen LogP contribution in [0.25, 0.3) is 0 Å². The Bertz CT molecular complexity index is 635. The van der Waals surface area contributed by atoms with Gasteiger partial charge in [-0.15, -0.1) is 0 Å². The molecule has 2 aromatic rings. The fourth-order valence-electron chi connectivity index (χ4n) is 2.35. The van der Waals surface area contributed by atoms with E-state index in [0.29, 0.717) is 0 Å². The predicted molar refractivity (Wildman–Crippen MR) is 88.0 cm³/mol. The Morgan fingerprint density at radius 1 is 1.27 bits per heavy atom. The average Bonchev–Trinajstić information content (AvgIpc) is 2.94. The topological polar surface area (TPSA) is 59.4 Å². The van der Waals surface area contributed by atoms with Crippen molar-refractivity contribution in [3.05, 3.63) is 41.1 Å². The Morgan fingerprint density at radius 3 is 2.64 bits per heavy atom. The van der Waals surface area contributed by atoms with Crippen molar-refractivity contribution >= 4 is 33.2 Å². The minimum absolute atomic E-state index is 0.102. The van der Waals surface area contributed by atoms with Crippen molar-refractivity contribution < 1.29 is 9.53 Å². The maximum atomic E-state index is 12.0. The molecule has 1 aliphatic heterocycles. The number of hydrogen-bond acceptors (Lipinski definition) is 4. The zero-order valence-corrected chi connectivity index (χ0v) is 13.6. The summed E-state index contributed by atoms with van der Waals surface area (Å²) in [6.45, 7) is 3.52. The summed E-state index contributed by atoms with van der Waals surface area (Å²) >= 11 is 3.31. The minimum atomic E-state index is -0.102. The lowest BCUT2D eigenvalue weighted by Gasteiger charge is -2.28. The second kappa shape index (κ2) is 6.93. The van der Waals surface area contributed by atoms with Gasteiger partial charge < -0.3 is 15.0 Å². The maximum absolute atomic E-state index is 12.0. The highest BCUT2D eigenvalue weighted by Crippen LogP contribution is 2.19. The van der Waals surface area contributed by atoms with Gasteiger partial charge in [-0.05, 0) is 40.2 Å². The molecule has 0 unspecified atom stereocenters. The summed E-state index contributed by atoms with van der Waals surface area (Å²) in [5.74, 6) is -0.102. The molecule has 1 N–H and O–H groups in total. The van der Waals surface area contributed by atoms with Crippen molar-refractivity contribution in [2.24, 2.45) is 0 Å². The summed E-state index contributed by atoms with van der Waals surface area (Å²) in [5.41, 5.74) is 1.94. The Balaban J connectivity index is 1.57. The molecule has 1 saturated heterocycles. The van der Waals surface area contributed by atoms with E-state index in [1.165, 1.54) is 0 Å². The van der Waals surface area contributed by atoms with Crippen molar-refractivity contribution in [1.82, 2.24) is 9.78 Å². The molecule has 0 spiro atoms. The third-order valence-corrected chi connectivity index (χ3v) is 3.84. The Hall–Kier alpha value is -1.86. The highest BCUT2D eigenvalue weighted by molar-refractivity contribution is 9.10. The van der Waals surface area contributed by atoms with Crippen LogP contribution in [0, 0.1) is 0 Å². The van der Waals surface area contributed by atoms with Gasteiger partial charge in [0.2, 0.25) is 5.91 Å². The number of nitrogens with zero attached hydrogens (tertiary/aromatic N) is 3. The fourth-order valence-corrected chi connectivity index (χ4v) is 2.68. The van der Waals surface area contributed by atoms with Crippen molar-refractivity contribution in [1.29, 1.82) is 0 Å². The molecule has 7 heteroatoms. The van der Waals surface area contributed by atoms with E-state index in [-0.39, 0.29) is 12.5 Å². The molecule has 0 radical (unpaired) electrons. The van der Waals surface area contributed by atoms with Crippen LogP contribution in [0.15, 0.2) is 41.1 Å². The molecule has 3 rings (SSSR count). The number of morpholine rings is 1. The summed E-state index contributed by atoms with van der Waals surface area (Å²) in [5, 5.41) is 6.93. The molecule has 0 saturated carbocycles. The number of hydrogen-bond donors (Lipinski definition) is 1. The van der Waals surface area contributed by atoms with Crippen LogP contribution in [0.3, 0.4) is 0 Å². The minimum Gasteiger partial charge on any atom is -0.378 e. The van der Waals surface area contributed by atoms with Gasteiger partial charge in [-0.3, -0.25) is 9.48 Å². The standard InChI is InChI=1S/C15H17BrN4O2/c16-12-9-17-20(10-12)11-15(21)18-13-1-3-14(4-2-13)19-5-7-22-8-6-19/h1-4,9-10H,5-8,11H2,(H,18,21). The number of amides is 1. The molecule has 1 aromatic carbocycles. The smallest absolute Gasteiger partial charge is 0.246 e. The summed E-state index contributed by atoms with van der Waals surface area (Å²) in [6, 6.07) is 7.88. The highest BCUT2D eigenvalue weighted by Gasteiger charge is 2.11. The van der Waals surface area contributed by atoms with E-state index in [2.05, 4.69) is 31.2 Å². The second-order valence-electron chi connectivity index (χ2n) is 5.05. The lowest BCUT2D eigenvalue weighted by atomic mass is 10.2. The Kier molecular flexibility index (Phi) is 4.74. The first kappa shape index (κ1) is 15.1. The summed E-state index contributed by atoms with van der Waals surface area (Å²) in [7, 11) is 0. The molecule has 0 atom stereocenters. The number of benzene rings is 1. The summed E-state index contributed by atoms with van der Waals surface area (Å²) < 4.78 is 7.79. The third kappa shape index (κ3) is 3.86. The Labute approximate surface area is 137 Å². The molecular formula is C15H17BrN4O2. The van der Waals surface area contributed by atoms with Gasteiger partial charge >= 0.3 is 0 Å². The van der Waals surface area contributed by atoms with Crippen molar-refractivity contribution in [2.75, 3.05) is 36.5 Å². The van der Waals surface area contributed by atoms with Crippen molar-refractivity contribution in [3.8, 4) is 0 Å². The second-order valence-corrected chi connectivity index (χ2v) is 5.97. The van der Waals surface area contributed by atoms with E-state index >= 15 is 0 Å². The van der Waals surface area contributed by atoms with Crippen LogP contribution in [0.1, 0.15) is 0 Å². The molecule has 116 valence electrons. The molecular weight excluding hydrogens is 348 g/mol. The lowest BCUT2D eigenvalue weighted by Crippen LogP contribution is -2.36. The first-order valence-corrected chi connectivity index (χ1v) is 7.90. The molecule has 1 aromatic heterocycles. The van der Waals surface area contributed by atoms with E-state index in [4.69, 9.17) is 4.74 Å². The number of carbonyl (C=O) groups excluding carboxylic acids is 1. The summed E-state index contributed by atoms with van der Waals surface area (Å²) in [4.78, 5) is 14.2. The lowest BCUT2D eigenvalue weighted by molar-refractivity contribution is -0.116. The van der Waals surface area contributed by atoms with Crippen LogP contribution < -0.4 is 10.2 Å². The molecule has 1 amide bonds. The van der Waals surface area contributed by atoms with Crippen LogP contribution >= 0.6 is 15.9 Å². The predicted octanol–water partition coefficient (Wildman–Crippen LogP) is 2.12. The number of aromatic nitrogens is 2. The van der Waals surface area contributed by atoms with Crippen LogP contribution in [-0.2, 0) is 16.1 Å². The fraction of sp³-hybridized carbons (Fsp3) is 0.333. The monoisotopic (exact) mass is 364 g/mol. The number of halogens is 1. The van der Waals surface area contributed by atoms with E-state index in [9.17, 15) is 4.79 Å². The number of rotatable bonds is 4. The molecule has 1 fully saturated rings. The molecule has 6 nitrogen and oxygen atoms in total. The van der Waals surface area contributed by atoms with Crippen LogP contribution in [-0.4, -0.2) is 42.0 Å². The molecule has 0 bridgehead atoms. The quantitative estimate of drug-likeness (QED) is 0.902. The summed E-state index contributed by atoms with van der Waals surface area (Å²) in [6.07, 6.45) is 3.42. The van der Waals surface area contributed by atoms with E-state index in [1.54, 1.807) is 17.1 Å². The van der Waals surface area contributed by atoms with E-state index in [0.717, 1.165) is 42.2 Å². The number of nitrogens with one attached hydrogen (secondary N) is 1. The van der Waals surface area contributed by atoms with Crippen molar-refractivity contribution in [2.45, 2.75) is 6.54 Å². The third-order valence-electron chi connectivity index (χ3n) is 3.43. The first-order chi connectivity index (χ1) is 10.7. The van der Waals surface area contributed by atoms with Gasteiger partial charge in [0.1, 0.15) is 6.54 Å². The van der Waals surface area contributed by atoms with E-state index < -0.39 is 0 Å². The van der Waals surface area contributed by atoms with Crippen LogP contribution in [0.4, 0.5) is 11.4 Å². The number of ether oxygens (including phenoxy) is 1. The number of carbonyl (C=O) groups is 1. The molecule has 2 heterocycles. The maximum Gasteiger partial charge on any atom is 0.246 e. The zero-order valence-electron chi connectivity index (χ0n) is 12.0. The van der Waals surface area contributed by atoms with Gasteiger partial charge in [0.15, 0.2) is 0 Å². The highest BCUT2D eigenvalue weighted by atomic mass is 79.9. The number of anilines is 2. The SMILES string of the molecule is O=C(Cn1cc(Br)cn1)Nc1ccc(N2CCOCC2)cc1. The van der Waals surface area contributed by atoms with Crippen molar-refractivity contribution in [3.63, 3.8) is 0 Å². The van der Waals surface area contributed by atoms with Crippen LogP contribution in [0.5, 0.6) is 0 Å². The molecule has 22 heavy (non-hydrogen) atoms. The van der Waals surface area contributed by atoms with Gasteiger partial charge in [-0.2, -0.15) is 5.10 Å². The van der Waals surface area contributed by atoms with Gasteiger partial charge in [0, 0.05) is 30.7 Å². The largest absolute Gasteiger partial charge is 0.378 e. The van der Waals surface area contributed by atoms with Gasteiger partial charge in [0.05, 0.1) is 23.9 Å². The Morgan fingerprint density at radius 2 is 2.00 bits per heavy atom. The van der Waals surface area contributed by atoms with Gasteiger partial charge in [-0.25, -0.2) is 0 Å². The van der Waals surface area contributed by atoms with Gasteiger partial charge in [0.25, 0.3) is 0 Å². The average molecular weight is 365 g/mol. The van der Waals surface area contributed by atoms with Gasteiger partial charge in [-0.1, -0.05) is 0 Å². The van der Waals surface area contributed by atoms with Crippen LogP contribution in [0.2, 0.25) is 0 Å². The zero-order chi connectivity index (χ0) is 15.4.